The van der Waals surface area contributed by atoms with E-state index in [0.717, 1.165) is 5.69 Å². The number of aromatic amines is 1. The number of hydrogen-bond donors (Lipinski definition) is 1. The number of imidazole rings is 1. The van der Waals surface area contributed by atoms with Crippen LogP contribution in [0, 0.1) is 11.7 Å². The van der Waals surface area contributed by atoms with Crippen LogP contribution in [0.5, 0.6) is 0 Å². The van der Waals surface area contributed by atoms with E-state index in [1.807, 2.05) is 0 Å². The number of carbonyl (C=O) groups excluding carboxylic acids is 1. The fraction of sp³-hybridized carbons (Fsp3) is 0.364. The smallest absolute Gasteiger partial charge is 0.259 e. The average molecular weight is 507 g/mol. The molecule has 4 aromatic rings. The zero-order valence-electron chi connectivity index (χ0n) is 17.6. The minimum Gasteiger partial charge on any atom is -0.348 e. The first-order chi connectivity index (χ1) is 16.3. The second-order valence-corrected chi connectivity index (χ2v) is 10.2. The number of benzene rings is 1. The molecule has 1 atom stereocenters. The van der Waals surface area contributed by atoms with Crippen molar-refractivity contribution < 1.29 is 18.0 Å². The number of rotatable bonds is 4. The van der Waals surface area contributed by atoms with Gasteiger partial charge in [0.2, 0.25) is 5.92 Å². The molecule has 0 spiro atoms. The zero-order valence-corrected chi connectivity index (χ0v) is 19.2. The van der Waals surface area contributed by atoms with Gasteiger partial charge in [0.15, 0.2) is 5.15 Å². The van der Waals surface area contributed by atoms with Crippen molar-refractivity contribution in [3.8, 4) is 0 Å². The zero-order chi connectivity index (χ0) is 23.6. The van der Waals surface area contributed by atoms with Crippen molar-refractivity contribution >= 4 is 39.1 Å². The number of carbonyl (C=O) groups is 1. The SMILES string of the molecule is O=C(c1cn(CC2CC(F)(F)C2)nc1Cl)N1CCc2[nH]cnc2[C@H]1c1nc2c(F)cccc2s1. The summed E-state index contributed by atoms with van der Waals surface area (Å²) in [5.41, 5.74) is 1.98. The van der Waals surface area contributed by atoms with Gasteiger partial charge in [-0.3, -0.25) is 9.48 Å². The maximum atomic E-state index is 14.3. The standard InChI is InChI=1S/C22H18ClF3N6OS/c23-19-12(9-31(30-19)8-11-6-22(25,26)7-11)21(33)32-5-4-14-17(28-10-27-14)18(32)20-29-16-13(24)2-1-3-15(16)34-20/h1-3,9-11,18H,4-8H2,(H,27,28)/t18-/m0/s1. The predicted octanol–water partition coefficient (Wildman–Crippen LogP) is 4.84. The van der Waals surface area contributed by atoms with Crippen LogP contribution >= 0.6 is 22.9 Å². The highest BCUT2D eigenvalue weighted by Crippen LogP contribution is 2.43. The fourth-order valence-electron chi connectivity index (χ4n) is 4.76. The molecule has 1 aliphatic carbocycles. The minimum atomic E-state index is -2.63. The fourth-order valence-corrected chi connectivity index (χ4v) is 6.09. The molecule has 1 aromatic carbocycles. The van der Waals surface area contributed by atoms with E-state index in [2.05, 4.69) is 20.1 Å². The van der Waals surface area contributed by atoms with Crippen molar-refractivity contribution in [2.24, 2.45) is 5.92 Å². The highest BCUT2D eigenvalue weighted by Gasteiger charge is 2.45. The highest BCUT2D eigenvalue weighted by molar-refractivity contribution is 7.18. The van der Waals surface area contributed by atoms with Crippen molar-refractivity contribution in [2.45, 2.75) is 37.8 Å². The van der Waals surface area contributed by atoms with E-state index in [0.29, 0.717) is 28.4 Å². The molecule has 0 unspecified atom stereocenters. The molecular formula is C22H18ClF3N6OS. The first-order valence-corrected chi connectivity index (χ1v) is 12.0. The van der Waals surface area contributed by atoms with Gasteiger partial charge in [0.1, 0.15) is 22.4 Å². The van der Waals surface area contributed by atoms with Crippen LogP contribution in [0.15, 0.2) is 30.7 Å². The van der Waals surface area contributed by atoms with Gasteiger partial charge in [-0.25, -0.2) is 23.1 Å². The number of nitrogens with zero attached hydrogens (tertiary/aromatic N) is 5. The molecule has 12 heteroatoms. The number of amides is 1. The van der Waals surface area contributed by atoms with Crippen LogP contribution < -0.4 is 0 Å². The highest BCUT2D eigenvalue weighted by atomic mass is 35.5. The lowest BCUT2D eigenvalue weighted by atomic mass is 9.81. The second-order valence-electron chi connectivity index (χ2n) is 8.74. The number of nitrogens with one attached hydrogen (secondary N) is 1. The third kappa shape index (κ3) is 3.58. The van der Waals surface area contributed by atoms with Crippen LogP contribution in [-0.2, 0) is 13.0 Å². The molecule has 0 radical (unpaired) electrons. The third-order valence-corrected chi connectivity index (χ3v) is 7.73. The van der Waals surface area contributed by atoms with E-state index in [1.54, 1.807) is 23.4 Å². The number of alkyl halides is 2. The van der Waals surface area contributed by atoms with Gasteiger partial charge in [0, 0.05) is 44.2 Å². The number of halogens is 4. The molecule has 2 aliphatic rings. The summed E-state index contributed by atoms with van der Waals surface area (Å²) in [7, 11) is 0. The Kier molecular flexibility index (Phi) is 4.96. The first kappa shape index (κ1) is 21.6. The van der Waals surface area contributed by atoms with Crippen LogP contribution in [-0.4, -0.2) is 48.0 Å². The van der Waals surface area contributed by atoms with E-state index in [9.17, 15) is 18.0 Å². The van der Waals surface area contributed by atoms with Crippen LogP contribution in [0.4, 0.5) is 13.2 Å². The van der Waals surface area contributed by atoms with E-state index in [1.165, 1.54) is 28.3 Å². The van der Waals surface area contributed by atoms with Crippen LogP contribution in [0.2, 0.25) is 5.15 Å². The summed E-state index contributed by atoms with van der Waals surface area (Å²) in [6, 6.07) is 4.13. The largest absolute Gasteiger partial charge is 0.348 e. The molecule has 4 heterocycles. The number of fused-ring (bicyclic) bond motifs is 2. The van der Waals surface area contributed by atoms with Gasteiger partial charge in [-0.15, -0.1) is 11.3 Å². The molecule has 7 nitrogen and oxygen atoms in total. The van der Waals surface area contributed by atoms with Gasteiger partial charge in [-0.1, -0.05) is 17.7 Å². The van der Waals surface area contributed by atoms with Gasteiger partial charge in [-0.05, 0) is 18.1 Å². The molecule has 1 N–H and O–H groups in total. The van der Waals surface area contributed by atoms with Crippen molar-refractivity contribution in [2.75, 3.05) is 6.54 Å². The molecule has 0 bridgehead atoms. The van der Waals surface area contributed by atoms with Gasteiger partial charge in [-0.2, -0.15) is 5.10 Å². The van der Waals surface area contributed by atoms with E-state index >= 15 is 0 Å². The Morgan fingerprint density at radius 2 is 2.15 bits per heavy atom. The van der Waals surface area contributed by atoms with Crippen molar-refractivity contribution in [3.05, 3.63) is 63.7 Å². The van der Waals surface area contributed by atoms with E-state index in [-0.39, 0.29) is 47.4 Å². The number of thiazole rings is 1. The van der Waals surface area contributed by atoms with Crippen LogP contribution in [0.25, 0.3) is 10.2 Å². The maximum absolute atomic E-state index is 14.3. The quantitative estimate of drug-likeness (QED) is 0.429. The Morgan fingerprint density at radius 1 is 1.32 bits per heavy atom. The van der Waals surface area contributed by atoms with E-state index < -0.39 is 17.8 Å². The molecule has 34 heavy (non-hydrogen) atoms. The summed E-state index contributed by atoms with van der Waals surface area (Å²) in [4.78, 5) is 27.3. The third-order valence-electron chi connectivity index (χ3n) is 6.37. The summed E-state index contributed by atoms with van der Waals surface area (Å²) < 4.78 is 42.9. The average Bonchev–Trinajstić information content (AvgIpc) is 3.49. The molecule has 1 fully saturated rings. The molecular weight excluding hydrogens is 489 g/mol. The first-order valence-electron chi connectivity index (χ1n) is 10.8. The van der Waals surface area contributed by atoms with Gasteiger partial charge >= 0.3 is 0 Å². The van der Waals surface area contributed by atoms with Crippen molar-refractivity contribution in [1.82, 2.24) is 29.6 Å². The number of aromatic nitrogens is 5. The number of hydrogen-bond acceptors (Lipinski definition) is 5. The molecule has 3 aromatic heterocycles. The summed E-state index contributed by atoms with van der Waals surface area (Å²) in [6.07, 6.45) is 3.24. The molecule has 1 amide bonds. The van der Waals surface area contributed by atoms with Crippen LogP contribution in [0.1, 0.15) is 45.6 Å². The van der Waals surface area contributed by atoms with Crippen molar-refractivity contribution in [1.29, 1.82) is 0 Å². The van der Waals surface area contributed by atoms with Gasteiger partial charge in [0.25, 0.3) is 5.91 Å². The monoisotopic (exact) mass is 506 g/mol. The minimum absolute atomic E-state index is 0.0120. The lowest BCUT2D eigenvalue weighted by molar-refractivity contribution is -0.114. The second kappa shape index (κ2) is 7.81. The summed E-state index contributed by atoms with van der Waals surface area (Å²) in [5, 5.41) is 4.74. The molecule has 1 saturated carbocycles. The Bertz CT molecular complexity index is 1410. The summed E-state index contributed by atoms with van der Waals surface area (Å²) >= 11 is 7.61. The lowest BCUT2D eigenvalue weighted by Gasteiger charge is -2.34. The maximum Gasteiger partial charge on any atom is 0.259 e. The molecule has 0 saturated heterocycles. The summed E-state index contributed by atoms with van der Waals surface area (Å²) in [6.45, 7) is 0.639. The Morgan fingerprint density at radius 3 is 2.91 bits per heavy atom. The Balaban J connectivity index is 1.34. The Labute approximate surface area is 200 Å². The number of para-hydroxylation sites is 1. The topological polar surface area (TPSA) is 79.7 Å². The lowest BCUT2D eigenvalue weighted by Crippen LogP contribution is -2.40. The summed E-state index contributed by atoms with van der Waals surface area (Å²) in [5.74, 6) is -3.63. The van der Waals surface area contributed by atoms with Gasteiger partial charge < -0.3 is 9.88 Å². The Hall–Kier alpha value is -2.92. The number of H-pyrrole nitrogens is 1. The predicted molar refractivity (Wildman–Crippen MR) is 120 cm³/mol. The van der Waals surface area contributed by atoms with E-state index in [4.69, 9.17) is 11.6 Å². The molecule has 6 rings (SSSR count). The van der Waals surface area contributed by atoms with Crippen LogP contribution in [0.3, 0.4) is 0 Å². The van der Waals surface area contributed by atoms with Gasteiger partial charge in [0.05, 0.1) is 22.3 Å². The molecule has 176 valence electrons. The normalized spacial score (nSPS) is 19.9. The van der Waals surface area contributed by atoms with Crippen molar-refractivity contribution in [3.63, 3.8) is 0 Å². The molecule has 1 aliphatic heterocycles.